The van der Waals surface area contributed by atoms with Gasteiger partial charge in [0, 0.05) is 46.4 Å². The van der Waals surface area contributed by atoms with Crippen molar-refractivity contribution in [3.63, 3.8) is 0 Å². The molecular formula is C16H33IN4O3. The quantitative estimate of drug-likeness (QED) is 0.254. The number of hydrogen-bond acceptors (Lipinski definition) is 4. The molecule has 0 radical (unpaired) electrons. The van der Waals surface area contributed by atoms with Gasteiger partial charge in [-0.3, -0.25) is 4.99 Å². The smallest absolute Gasteiger partial charge is 0.409 e. The van der Waals surface area contributed by atoms with Crippen LogP contribution in [0.1, 0.15) is 39.0 Å². The third-order valence-electron chi connectivity index (χ3n) is 3.90. The molecule has 1 heterocycles. The molecule has 1 amide bonds. The standard InChI is InChI=1S/C16H32N4O3.HI/c1-4-23-16(21)20-11-8-14(9-12-20)19-15(17-2)18-10-6-5-7-13-22-3;/h14H,4-13H2,1-3H3,(H2,17,18,19);1H. The lowest BCUT2D eigenvalue weighted by atomic mass is 10.1. The zero-order valence-electron chi connectivity index (χ0n) is 15.2. The number of nitrogens with one attached hydrogen (secondary N) is 2. The highest BCUT2D eigenvalue weighted by atomic mass is 127. The molecule has 1 rings (SSSR count). The third-order valence-corrected chi connectivity index (χ3v) is 3.90. The average molecular weight is 456 g/mol. The Morgan fingerprint density at radius 2 is 1.96 bits per heavy atom. The largest absolute Gasteiger partial charge is 0.450 e. The molecule has 1 aliphatic rings. The minimum Gasteiger partial charge on any atom is -0.450 e. The van der Waals surface area contributed by atoms with Crippen molar-refractivity contribution in [1.82, 2.24) is 15.5 Å². The number of carbonyl (C=O) groups is 1. The van der Waals surface area contributed by atoms with Gasteiger partial charge in [-0.1, -0.05) is 0 Å². The summed E-state index contributed by atoms with van der Waals surface area (Å²) in [4.78, 5) is 17.7. The van der Waals surface area contributed by atoms with E-state index < -0.39 is 0 Å². The minimum absolute atomic E-state index is 0. The highest BCUT2D eigenvalue weighted by molar-refractivity contribution is 14.0. The van der Waals surface area contributed by atoms with Crippen LogP contribution in [0, 0.1) is 0 Å². The number of hydrogen-bond donors (Lipinski definition) is 2. The van der Waals surface area contributed by atoms with Crippen LogP contribution in [0.25, 0.3) is 0 Å². The first-order valence-corrected chi connectivity index (χ1v) is 8.59. The molecular weight excluding hydrogens is 423 g/mol. The van der Waals surface area contributed by atoms with Gasteiger partial charge >= 0.3 is 6.09 Å². The molecule has 0 spiro atoms. The number of guanidine groups is 1. The zero-order chi connectivity index (χ0) is 16.9. The molecule has 8 heteroatoms. The van der Waals surface area contributed by atoms with Gasteiger partial charge in [0.05, 0.1) is 6.61 Å². The summed E-state index contributed by atoms with van der Waals surface area (Å²) < 4.78 is 10.1. The van der Waals surface area contributed by atoms with Crippen LogP contribution in [0.5, 0.6) is 0 Å². The van der Waals surface area contributed by atoms with Crippen LogP contribution in [-0.2, 0) is 9.47 Å². The van der Waals surface area contributed by atoms with Crippen LogP contribution in [0.4, 0.5) is 4.79 Å². The maximum atomic E-state index is 11.7. The lowest BCUT2D eigenvalue weighted by Gasteiger charge is -2.32. The number of carbonyl (C=O) groups excluding carboxylic acids is 1. The van der Waals surface area contributed by atoms with Gasteiger partial charge in [-0.25, -0.2) is 4.79 Å². The summed E-state index contributed by atoms with van der Waals surface area (Å²) in [6.07, 6.45) is 4.96. The van der Waals surface area contributed by atoms with Crippen molar-refractivity contribution in [1.29, 1.82) is 0 Å². The Hall–Kier alpha value is -0.770. The molecule has 0 saturated carbocycles. The van der Waals surface area contributed by atoms with Gasteiger partial charge in [-0.15, -0.1) is 24.0 Å². The lowest BCUT2D eigenvalue weighted by molar-refractivity contribution is 0.0963. The van der Waals surface area contributed by atoms with Gasteiger partial charge in [-0.2, -0.15) is 0 Å². The van der Waals surface area contributed by atoms with Crippen molar-refractivity contribution >= 4 is 36.0 Å². The first-order valence-electron chi connectivity index (χ1n) is 8.59. The highest BCUT2D eigenvalue weighted by Crippen LogP contribution is 2.11. The van der Waals surface area contributed by atoms with E-state index in [0.29, 0.717) is 12.6 Å². The first-order chi connectivity index (χ1) is 11.2. The van der Waals surface area contributed by atoms with Crippen LogP contribution in [0.3, 0.4) is 0 Å². The van der Waals surface area contributed by atoms with E-state index in [1.54, 1.807) is 19.1 Å². The van der Waals surface area contributed by atoms with E-state index in [2.05, 4.69) is 15.6 Å². The summed E-state index contributed by atoms with van der Waals surface area (Å²) in [7, 11) is 3.52. The number of piperidine rings is 1. The first kappa shape index (κ1) is 23.2. The van der Waals surface area contributed by atoms with Gasteiger partial charge in [0.25, 0.3) is 0 Å². The number of aliphatic imine (C=N–C) groups is 1. The van der Waals surface area contributed by atoms with Crippen molar-refractivity contribution in [2.24, 2.45) is 4.99 Å². The maximum absolute atomic E-state index is 11.7. The predicted octanol–water partition coefficient (Wildman–Crippen LogP) is 2.21. The molecule has 1 fully saturated rings. The SMILES string of the molecule is CCOC(=O)N1CCC(NC(=NC)NCCCCCOC)CC1.I. The number of amides is 1. The molecule has 1 saturated heterocycles. The molecule has 0 bridgehead atoms. The molecule has 7 nitrogen and oxygen atoms in total. The summed E-state index contributed by atoms with van der Waals surface area (Å²) in [6, 6.07) is 0.348. The van der Waals surface area contributed by atoms with Gasteiger partial charge < -0.3 is 25.0 Å². The molecule has 142 valence electrons. The van der Waals surface area contributed by atoms with E-state index in [-0.39, 0.29) is 30.1 Å². The predicted molar refractivity (Wildman–Crippen MR) is 107 cm³/mol. The monoisotopic (exact) mass is 456 g/mol. The number of rotatable bonds is 8. The molecule has 0 aromatic heterocycles. The fraction of sp³-hybridized carbons (Fsp3) is 0.875. The Kier molecular flexibility index (Phi) is 14.1. The molecule has 0 aromatic carbocycles. The zero-order valence-corrected chi connectivity index (χ0v) is 17.5. The normalized spacial score (nSPS) is 15.6. The summed E-state index contributed by atoms with van der Waals surface area (Å²) in [5.74, 6) is 0.839. The van der Waals surface area contributed by atoms with Crippen molar-refractivity contribution in [3.8, 4) is 0 Å². The van der Waals surface area contributed by atoms with Crippen molar-refractivity contribution in [2.45, 2.75) is 45.1 Å². The van der Waals surface area contributed by atoms with Crippen molar-refractivity contribution in [2.75, 3.05) is 47.0 Å². The Labute approximate surface area is 162 Å². The summed E-state index contributed by atoms with van der Waals surface area (Å²) >= 11 is 0. The number of unbranched alkanes of at least 4 members (excludes halogenated alkanes) is 2. The van der Waals surface area contributed by atoms with Crippen LogP contribution in [0.15, 0.2) is 4.99 Å². The molecule has 0 aromatic rings. The van der Waals surface area contributed by atoms with Gasteiger partial charge in [0.1, 0.15) is 0 Å². The second kappa shape index (κ2) is 14.6. The van der Waals surface area contributed by atoms with E-state index in [1.165, 1.54) is 0 Å². The summed E-state index contributed by atoms with van der Waals surface area (Å²) in [5.41, 5.74) is 0. The fourth-order valence-electron chi connectivity index (χ4n) is 2.56. The highest BCUT2D eigenvalue weighted by Gasteiger charge is 2.23. The molecule has 24 heavy (non-hydrogen) atoms. The Morgan fingerprint density at radius 3 is 2.54 bits per heavy atom. The molecule has 0 atom stereocenters. The van der Waals surface area contributed by atoms with Crippen LogP contribution in [0.2, 0.25) is 0 Å². The van der Waals surface area contributed by atoms with Crippen molar-refractivity contribution < 1.29 is 14.3 Å². The number of nitrogens with zero attached hydrogens (tertiary/aromatic N) is 2. The minimum atomic E-state index is -0.204. The second-order valence-corrected chi connectivity index (χ2v) is 5.66. The van der Waals surface area contributed by atoms with Crippen LogP contribution < -0.4 is 10.6 Å². The van der Waals surface area contributed by atoms with Crippen LogP contribution in [-0.4, -0.2) is 70.0 Å². The van der Waals surface area contributed by atoms with E-state index in [1.807, 2.05) is 6.92 Å². The lowest BCUT2D eigenvalue weighted by Crippen LogP contribution is -2.50. The number of likely N-dealkylation sites (tertiary alicyclic amines) is 1. The fourth-order valence-corrected chi connectivity index (χ4v) is 2.56. The topological polar surface area (TPSA) is 75.2 Å². The number of halogens is 1. The summed E-state index contributed by atoms with van der Waals surface area (Å²) in [6.45, 7) is 5.45. The van der Waals surface area contributed by atoms with Gasteiger partial charge in [0.2, 0.25) is 0 Å². The Bertz CT molecular complexity index is 361. The molecule has 0 unspecified atom stereocenters. The van der Waals surface area contributed by atoms with E-state index >= 15 is 0 Å². The number of methoxy groups -OCH3 is 1. The van der Waals surface area contributed by atoms with Gasteiger partial charge in [-0.05, 0) is 39.0 Å². The summed E-state index contributed by atoms with van der Waals surface area (Å²) in [5, 5.41) is 6.78. The molecule has 2 N–H and O–H groups in total. The average Bonchev–Trinajstić information content (AvgIpc) is 2.57. The molecule has 1 aliphatic heterocycles. The van der Waals surface area contributed by atoms with E-state index in [4.69, 9.17) is 9.47 Å². The van der Waals surface area contributed by atoms with E-state index in [9.17, 15) is 4.79 Å². The maximum Gasteiger partial charge on any atom is 0.409 e. The van der Waals surface area contributed by atoms with Crippen molar-refractivity contribution in [3.05, 3.63) is 0 Å². The van der Waals surface area contributed by atoms with Gasteiger partial charge in [0.15, 0.2) is 5.96 Å². The Balaban J connectivity index is 0.00000529. The number of ether oxygens (including phenoxy) is 2. The second-order valence-electron chi connectivity index (χ2n) is 5.66. The third kappa shape index (κ3) is 9.51. The van der Waals surface area contributed by atoms with E-state index in [0.717, 1.165) is 64.3 Å². The van der Waals surface area contributed by atoms with Crippen LogP contribution >= 0.6 is 24.0 Å². The molecule has 0 aliphatic carbocycles. The Morgan fingerprint density at radius 1 is 1.25 bits per heavy atom.